The van der Waals surface area contributed by atoms with Crippen LogP contribution in [0.15, 0.2) is 41.8 Å². The Balaban J connectivity index is 1.99. The Morgan fingerprint density at radius 3 is 2.57 bits per heavy atom. The number of hydrogen-bond donors (Lipinski definition) is 1. The molecule has 1 aromatic heterocycles. The van der Waals surface area contributed by atoms with E-state index in [0.29, 0.717) is 12.1 Å². The SMILES string of the molecule is COc1ccc(NC(=O)C=Cc2cccs2)cc1CCCN(C(C)C)C(C)C. The first-order chi connectivity index (χ1) is 13.4. The van der Waals surface area contributed by atoms with E-state index in [1.54, 1.807) is 24.5 Å². The molecule has 1 N–H and O–H groups in total. The lowest BCUT2D eigenvalue weighted by molar-refractivity contribution is -0.111. The molecule has 2 aromatic rings. The Kier molecular flexibility index (Phi) is 8.74. The first-order valence-electron chi connectivity index (χ1n) is 9.86. The summed E-state index contributed by atoms with van der Waals surface area (Å²) < 4.78 is 5.52. The summed E-state index contributed by atoms with van der Waals surface area (Å²) in [6, 6.07) is 10.8. The van der Waals surface area contributed by atoms with Crippen molar-refractivity contribution in [1.82, 2.24) is 4.90 Å². The number of anilines is 1. The van der Waals surface area contributed by atoms with Gasteiger partial charge in [0.05, 0.1) is 7.11 Å². The van der Waals surface area contributed by atoms with Crippen LogP contribution in [-0.2, 0) is 11.2 Å². The minimum absolute atomic E-state index is 0.129. The summed E-state index contributed by atoms with van der Waals surface area (Å²) in [4.78, 5) is 15.7. The maximum Gasteiger partial charge on any atom is 0.248 e. The van der Waals surface area contributed by atoms with Gasteiger partial charge in [-0.05, 0) is 88.4 Å². The quantitative estimate of drug-likeness (QED) is 0.539. The second kappa shape index (κ2) is 11.0. The van der Waals surface area contributed by atoms with Crippen LogP contribution in [0.25, 0.3) is 6.08 Å². The zero-order valence-corrected chi connectivity index (χ0v) is 18.4. The predicted octanol–water partition coefficient (Wildman–Crippen LogP) is 5.46. The molecular weight excluding hydrogens is 368 g/mol. The molecule has 0 bridgehead atoms. The zero-order valence-electron chi connectivity index (χ0n) is 17.6. The molecule has 1 heterocycles. The van der Waals surface area contributed by atoms with Gasteiger partial charge >= 0.3 is 0 Å². The van der Waals surface area contributed by atoms with E-state index in [0.717, 1.165) is 41.3 Å². The molecule has 0 fully saturated rings. The van der Waals surface area contributed by atoms with Gasteiger partial charge in [-0.25, -0.2) is 0 Å². The number of ether oxygens (including phenoxy) is 1. The molecule has 0 aliphatic rings. The average molecular weight is 401 g/mol. The van der Waals surface area contributed by atoms with Crippen LogP contribution in [0.3, 0.4) is 0 Å². The third kappa shape index (κ3) is 6.80. The summed E-state index contributed by atoms with van der Waals surface area (Å²) in [6.45, 7) is 9.99. The van der Waals surface area contributed by atoms with E-state index in [4.69, 9.17) is 4.74 Å². The van der Waals surface area contributed by atoms with Gasteiger partial charge in [-0.1, -0.05) is 6.07 Å². The van der Waals surface area contributed by atoms with Crippen molar-refractivity contribution in [2.75, 3.05) is 19.0 Å². The molecule has 2 rings (SSSR count). The van der Waals surface area contributed by atoms with Crippen molar-refractivity contribution in [3.05, 3.63) is 52.2 Å². The number of aryl methyl sites for hydroxylation is 1. The zero-order chi connectivity index (χ0) is 20.5. The summed E-state index contributed by atoms with van der Waals surface area (Å²) in [5.41, 5.74) is 1.91. The van der Waals surface area contributed by atoms with Crippen molar-refractivity contribution in [1.29, 1.82) is 0 Å². The molecule has 5 heteroatoms. The molecule has 28 heavy (non-hydrogen) atoms. The summed E-state index contributed by atoms with van der Waals surface area (Å²) >= 11 is 1.61. The molecule has 152 valence electrons. The first-order valence-corrected chi connectivity index (χ1v) is 10.7. The van der Waals surface area contributed by atoms with E-state index in [2.05, 4.69) is 37.9 Å². The van der Waals surface area contributed by atoms with Crippen molar-refractivity contribution in [2.45, 2.75) is 52.6 Å². The largest absolute Gasteiger partial charge is 0.496 e. The molecule has 0 saturated heterocycles. The molecule has 0 unspecified atom stereocenters. The van der Waals surface area contributed by atoms with Crippen molar-refractivity contribution in [3.8, 4) is 5.75 Å². The highest BCUT2D eigenvalue weighted by molar-refractivity contribution is 7.10. The van der Waals surface area contributed by atoms with Gasteiger partial charge in [0.15, 0.2) is 0 Å². The van der Waals surface area contributed by atoms with Gasteiger partial charge < -0.3 is 10.1 Å². The number of carbonyl (C=O) groups excluding carboxylic acids is 1. The number of nitrogens with zero attached hydrogens (tertiary/aromatic N) is 1. The Morgan fingerprint density at radius 2 is 1.96 bits per heavy atom. The van der Waals surface area contributed by atoms with Crippen molar-refractivity contribution < 1.29 is 9.53 Å². The molecule has 4 nitrogen and oxygen atoms in total. The maximum absolute atomic E-state index is 12.2. The van der Waals surface area contributed by atoms with Gasteiger partial charge in [0.25, 0.3) is 0 Å². The lowest BCUT2D eigenvalue weighted by atomic mass is 10.1. The van der Waals surface area contributed by atoms with Crippen LogP contribution in [0.5, 0.6) is 5.75 Å². The molecule has 0 radical (unpaired) electrons. The van der Waals surface area contributed by atoms with Crippen LogP contribution in [-0.4, -0.2) is 36.5 Å². The number of hydrogen-bond acceptors (Lipinski definition) is 4. The van der Waals surface area contributed by atoms with Crippen LogP contribution < -0.4 is 10.1 Å². The van der Waals surface area contributed by atoms with Crippen molar-refractivity contribution in [3.63, 3.8) is 0 Å². The molecule has 0 aliphatic carbocycles. The van der Waals surface area contributed by atoms with Crippen LogP contribution >= 0.6 is 11.3 Å². The fourth-order valence-corrected chi connectivity index (χ4v) is 3.96. The molecule has 1 aromatic carbocycles. The standard InChI is InChI=1S/C23H32N2O2S/c1-17(2)25(18(3)4)14-6-8-19-16-20(10-12-22(19)27-5)24-23(26)13-11-21-9-7-15-28-21/h7,9-13,15-18H,6,8,14H2,1-5H3,(H,24,26). The second-order valence-corrected chi connectivity index (χ2v) is 8.37. The smallest absolute Gasteiger partial charge is 0.248 e. The Hall–Kier alpha value is -2.11. The van der Waals surface area contributed by atoms with E-state index in [1.165, 1.54) is 0 Å². The van der Waals surface area contributed by atoms with E-state index in [9.17, 15) is 4.79 Å². The highest BCUT2D eigenvalue weighted by Crippen LogP contribution is 2.24. The molecule has 1 amide bonds. The molecule has 0 saturated carbocycles. The average Bonchev–Trinajstić information content (AvgIpc) is 3.16. The predicted molar refractivity (Wildman–Crippen MR) is 120 cm³/mol. The number of amides is 1. The third-order valence-electron chi connectivity index (χ3n) is 4.68. The van der Waals surface area contributed by atoms with Crippen LogP contribution in [0, 0.1) is 0 Å². The first kappa shape index (κ1) is 22.2. The molecule has 0 atom stereocenters. The Bertz CT molecular complexity index is 759. The third-order valence-corrected chi connectivity index (χ3v) is 5.52. The number of thiophene rings is 1. The second-order valence-electron chi connectivity index (χ2n) is 7.39. The van der Waals surface area contributed by atoms with Crippen molar-refractivity contribution in [2.24, 2.45) is 0 Å². The lowest BCUT2D eigenvalue weighted by Gasteiger charge is -2.30. The summed E-state index contributed by atoms with van der Waals surface area (Å²) in [6.07, 6.45) is 5.35. The fourth-order valence-electron chi connectivity index (χ4n) is 3.34. The van der Waals surface area contributed by atoms with E-state index in [1.807, 2.05) is 41.8 Å². The highest BCUT2D eigenvalue weighted by atomic mass is 32.1. The van der Waals surface area contributed by atoms with Gasteiger partial charge in [-0.15, -0.1) is 11.3 Å². The summed E-state index contributed by atoms with van der Waals surface area (Å²) in [7, 11) is 1.69. The van der Waals surface area contributed by atoms with Crippen LogP contribution in [0.1, 0.15) is 44.6 Å². The van der Waals surface area contributed by atoms with Crippen molar-refractivity contribution >= 4 is 29.0 Å². The maximum atomic E-state index is 12.2. The molecule has 0 spiro atoms. The normalized spacial score (nSPS) is 11.7. The Morgan fingerprint density at radius 1 is 1.21 bits per heavy atom. The number of methoxy groups -OCH3 is 1. The van der Waals surface area contributed by atoms with Crippen LogP contribution in [0.2, 0.25) is 0 Å². The van der Waals surface area contributed by atoms with Gasteiger partial charge in [-0.3, -0.25) is 9.69 Å². The van der Waals surface area contributed by atoms with E-state index < -0.39 is 0 Å². The number of rotatable bonds is 10. The summed E-state index contributed by atoms with van der Waals surface area (Å²) in [5.74, 6) is 0.739. The number of benzene rings is 1. The van der Waals surface area contributed by atoms with Crippen LogP contribution in [0.4, 0.5) is 5.69 Å². The number of carbonyl (C=O) groups is 1. The Labute approximate surface area is 173 Å². The van der Waals surface area contributed by atoms with Gasteiger partial charge in [0.1, 0.15) is 5.75 Å². The molecular formula is C23H32N2O2S. The van der Waals surface area contributed by atoms with E-state index >= 15 is 0 Å². The topological polar surface area (TPSA) is 41.6 Å². The summed E-state index contributed by atoms with van der Waals surface area (Å²) in [5, 5.41) is 4.94. The lowest BCUT2D eigenvalue weighted by Crippen LogP contribution is -2.37. The number of nitrogens with one attached hydrogen (secondary N) is 1. The monoisotopic (exact) mass is 400 g/mol. The minimum Gasteiger partial charge on any atom is -0.496 e. The van der Waals surface area contributed by atoms with E-state index in [-0.39, 0.29) is 5.91 Å². The fraction of sp³-hybridized carbons (Fsp3) is 0.435. The van der Waals surface area contributed by atoms with Gasteiger partial charge in [0.2, 0.25) is 5.91 Å². The highest BCUT2D eigenvalue weighted by Gasteiger charge is 2.13. The van der Waals surface area contributed by atoms with Gasteiger partial charge in [-0.2, -0.15) is 0 Å². The minimum atomic E-state index is -0.129. The molecule has 0 aliphatic heterocycles. The van der Waals surface area contributed by atoms with Gasteiger partial charge in [0, 0.05) is 28.7 Å².